The van der Waals surface area contributed by atoms with Gasteiger partial charge in [-0.25, -0.2) is 5.01 Å². The summed E-state index contributed by atoms with van der Waals surface area (Å²) in [7, 11) is 0. The van der Waals surface area contributed by atoms with Gasteiger partial charge in [-0.1, -0.05) is 60.3 Å². The first-order chi connectivity index (χ1) is 14.4. The molecule has 0 unspecified atom stereocenters. The van der Waals surface area contributed by atoms with Gasteiger partial charge in [0.2, 0.25) is 0 Å². The van der Waals surface area contributed by atoms with Crippen LogP contribution < -0.4 is 10.4 Å². The summed E-state index contributed by atoms with van der Waals surface area (Å²) in [5.41, 5.74) is 5.21. The van der Waals surface area contributed by atoms with Crippen molar-refractivity contribution >= 4 is 52.1 Å². The Morgan fingerprint density at radius 2 is 1.67 bits per heavy atom. The van der Waals surface area contributed by atoms with Crippen LogP contribution in [0.1, 0.15) is 37.8 Å². The van der Waals surface area contributed by atoms with Crippen LogP contribution in [0.25, 0.3) is 0 Å². The number of hydrazone groups is 1. The van der Waals surface area contributed by atoms with E-state index < -0.39 is 0 Å². The van der Waals surface area contributed by atoms with E-state index in [2.05, 4.69) is 5.43 Å². The van der Waals surface area contributed by atoms with Gasteiger partial charge in [-0.15, -0.1) is 0 Å². The zero-order valence-corrected chi connectivity index (χ0v) is 18.9. The van der Waals surface area contributed by atoms with Crippen molar-refractivity contribution < 1.29 is 4.79 Å². The van der Waals surface area contributed by atoms with E-state index in [4.69, 9.17) is 39.9 Å². The highest BCUT2D eigenvalue weighted by molar-refractivity contribution is 6.41. The van der Waals surface area contributed by atoms with Gasteiger partial charge in [0.05, 0.1) is 16.8 Å². The van der Waals surface area contributed by atoms with Crippen molar-refractivity contribution in [2.45, 2.75) is 32.2 Å². The number of amides is 1. The van der Waals surface area contributed by atoms with Gasteiger partial charge in [-0.05, 0) is 48.7 Å². The first kappa shape index (κ1) is 21.4. The maximum absolute atomic E-state index is 13.1. The maximum atomic E-state index is 13.1. The molecule has 5 nitrogen and oxygen atoms in total. The summed E-state index contributed by atoms with van der Waals surface area (Å²) in [6.45, 7) is 3.74. The van der Waals surface area contributed by atoms with Gasteiger partial charge in [0.15, 0.2) is 0 Å². The van der Waals surface area contributed by atoms with E-state index in [1.54, 1.807) is 12.1 Å². The van der Waals surface area contributed by atoms with Crippen molar-refractivity contribution in [1.82, 2.24) is 10.4 Å². The summed E-state index contributed by atoms with van der Waals surface area (Å²) >= 11 is 18.7. The quantitative estimate of drug-likeness (QED) is 0.628. The zero-order chi connectivity index (χ0) is 21.3. The number of nitrogens with zero attached hydrogens (tertiary/aromatic N) is 3. The number of hydrogen-bond donors (Lipinski definition) is 1. The van der Waals surface area contributed by atoms with Gasteiger partial charge in [0, 0.05) is 29.1 Å². The van der Waals surface area contributed by atoms with Crippen LogP contribution in [0.15, 0.2) is 47.6 Å². The second-order valence-corrected chi connectivity index (χ2v) is 8.98. The van der Waals surface area contributed by atoms with E-state index in [9.17, 15) is 4.79 Å². The molecule has 2 aliphatic rings. The SMILES string of the molecule is C[C@@H]1C(C(=O)NN2CCCCC2)=NN(c2ccc(Cl)cc2Cl)[C@@H]1c1ccc(Cl)cc1. The van der Waals surface area contributed by atoms with Crippen molar-refractivity contribution in [2.75, 3.05) is 18.1 Å². The second kappa shape index (κ2) is 9.15. The Labute approximate surface area is 191 Å². The number of carbonyl (C=O) groups is 1. The molecule has 0 aliphatic carbocycles. The average molecular weight is 466 g/mol. The van der Waals surface area contributed by atoms with Crippen LogP contribution in [-0.2, 0) is 4.79 Å². The number of carbonyl (C=O) groups excluding carboxylic acids is 1. The van der Waals surface area contributed by atoms with Crippen LogP contribution in [0, 0.1) is 5.92 Å². The highest BCUT2D eigenvalue weighted by Crippen LogP contribution is 2.42. The molecule has 0 bridgehead atoms. The molecule has 1 amide bonds. The molecule has 0 saturated carbocycles. The van der Waals surface area contributed by atoms with Gasteiger partial charge in [0.1, 0.15) is 5.71 Å². The largest absolute Gasteiger partial charge is 0.284 e. The van der Waals surface area contributed by atoms with Crippen LogP contribution in [0.4, 0.5) is 5.69 Å². The molecule has 30 heavy (non-hydrogen) atoms. The lowest BCUT2D eigenvalue weighted by Gasteiger charge is -2.28. The highest BCUT2D eigenvalue weighted by atomic mass is 35.5. The molecule has 1 fully saturated rings. The summed E-state index contributed by atoms with van der Waals surface area (Å²) in [5.74, 6) is -0.321. The fourth-order valence-electron chi connectivity index (χ4n) is 4.05. The number of piperidine rings is 1. The van der Waals surface area contributed by atoms with E-state index in [1.165, 1.54) is 6.42 Å². The molecule has 0 spiro atoms. The summed E-state index contributed by atoms with van der Waals surface area (Å²) in [5, 5.41) is 10.2. The monoisotopic (exact) mass is 464 g/mol. The zero-order valence-electron chi connectivity index (χ0n) is 16.6. The smallest absolute Gasteiger partial charge is 0.282 e. The standard InChI is InChI=1S/C22H23Cl3N4O/c1-14-20(22(30)27-28-11-3-2-4-12-28)26-29(19-10-9-17(24)13-18(19)25)21(14)15-5-7-16(23)8-6-15/h5-10,13-14,21H,2-4,11-12H2,1H3,(H,27,30)/t14-,21+/m1/s1. The predicted octanol–water partition coefficient (Wildman–Crippen LogP) is 5.72. The van der Waals surface area contributed by atoms with Crippen LogP contribution in [0.2, 0.25) is 15.1 Å². The number of rotatable bonds is 4. The third kappa shape index (κ3) is 4.45. The summed E-state index contributed by atoms with van der Waals surface area (Å²) in [6, 6.07) is 12.7. The molecule has 0 aromatic heterocycles. The van der Waals surface area contributed by atoms with Crippen molar-refractivity contribution in [1.29, 1.82) is 0 Å². The van der Waals surface area contributed by atoms with E-state index in [1.807, 2.05) is 47.3 Å². The van der Waals surface area contributed by atoms with Gasteiger partial charge < -0.3 is 0 Å². The lowest BCUT2D eigenvalue weighted by molar-refractivity contribution is -0.120. The number of halogens is 3. The Hall–Kier alpha value is -1.79. The van der Waals surface area contributed by atoms with Crippen LogP contribution in [0.5, 0.6) is 0 Å². The molecule has 2 aromatic rings. The molecule has 2 aliphatic heterocycles. The summed E-state index contributed by atoms with van der Waals surface area (Å²) in [4.78, 5) is 13.1. The first-order valence-corrected chi connectivity index (χ1v) is 11.2. The lowest BCUT2D eigenvalue weighted by Crippen LogP contribution is -2.48. The van der Waals surface area contributed by atoms with Gasteiger partial charge >= 0.3 is 0 Å². The second-order valence-electron chi connectivity index (χ2n) is 7.70. The van der Waals surface area contributed by atoms with Crippen LogP contribution >= 0.6 is 34.8 Å². The van der Waals surface area contributed by atoms with E-state index >= 15 is 0 Å². The van der Waals surface area contributed by atoms with Gasteiger partial charge in [-0.3, -0.25) is 15.2 Å². The van der Waals surface area contributed by atoms with E-state index in [0.29, 0.717) is 26.5 Å². The Morgan fingerprint density at radius 3 is 2.33 bits per heavy atom. The fraction of sp³-hybridized carbons (Fsp3) is 0.364. The van der Waals surface area contributed by atoms with Crippen molar-refractivity contribution in [2.24, 2.45) is 11.0 Å². The number of anilines is 1. The maximum Gasteiger partial charge on any atom is 0.282 e. The molecule has 8 heteroatoms. The molecule has 1 N–H and O–H groups in total. The lowest BCUT2D eigenvalue weighted by atomic mass is 9.91. The van der Waals surface area contributed by atoms with Crippen LogP contribution in [0.3, 0.4) is 0 Å². The molecule has 1 saturated heterocycles. The molecule has 0 radical (unpaired) electrons. The van der Waals surface area contributed by atoms with Gasteiger partial charge in [0.25, 0.3) is 5.91 Å². The molecule has 2 atom stereocenters. The van der Waals surface area contributed by atoms with Gasteiger partial charge in [-0.2, -0.15) is 5.10 Å². The Morgan fingerprint density at radius 1 is 1.00 bits per heavy atom. The Balaban J connectivity index is 1.68. The number of hydrogen-bond acceptors (Lipinski definition) is 4. The topological polar surface area (TPSA) is 47.9 Å². The molecular weight excluding hydrogens is 443 g/mol. The molecular formula is C22H23Cl3N4O. The Bertz CT molecular complexity index is 957. The summed E-state index contributed by atoms with van der Waals surface area (Å²) < 4.78 is 0. The molecule has 2 aromatic carbocycles. The predicted molar refractivity (Wildman–Crippen MR) is 123 cm³/mol. The highest BCUT2D eigenvalue weighted by Gasteiger charge is 2.40. The first-order valence-electron chi connectivity index (χ1n) is 10.1. The van der Waals surface area contributed by atoms with Crippen LogP contribution in [-0.4, -0.2) is 29.7 Å². The normalized spacial score (nSPS) is 22.1. The average Bonchev–Trinajstić information content (AvgIpc) is 3.06. The summed E-state index contributed by atoms with van der Waals surface area (Å²) in [6.07, 6.45) is 3.37. The molecule has 2 heterocycles. The van der Waals surface area contributed by atoms with E-state index in [-0.39, 0.29) is 17.9 Å². The molecule has 158 valence electrons. The molecule has 4 rings (SSSR count). The third-order valence-electron chi connectivity index (χ3n) is 5.60. The van der Waals surface area contributed by atoms with E-state index in [0.717, 1.165) is 31.5 Å². The minimum atomic E-state index is -0.192. The number of hydrazine groups is 1. The minimum Gasteiger partial charge on any atom is -0.284 e. The fourth-order valence-corrected chi connectivity index (χ4v) is 4.67. The minimum absolute atomic E-state index is 0.150. The van der Waals surface area contributed by atoms with Crippen molar-refractivity contribution in [3.63, 3.8) is 0 Å². The number of nitrogens with one attached hydrogen (secondary N) is 1. The third-order valence-corrected chi connectivity index (χ3v) is 6.39. The number of benzene rings is 2. The Kier molecular flexibility index (Phi) is 6.54. The van der Waals surface area contributed by atoms with Crippen molar-refractivity contribution in [3.8, 4) is 0 Å². The van der Waals surface area contributed by atoms with Crippen molar-refractivity contribution in [3.05, 3.63) is 63.1 Å².